The zero-order chi connectivity index (χ0) is 13.0. The summed E-state index contributed by atoms with van der Waals surface area (Å²) in [6.07, 6.45) is 3.51. The van der Waals surface area contributed by atoms with Crippen LogP contribution in [0.25, 0.3) is 0 Å². The molecule has 1 aliphatic carbocycles. The minimum atomic E-state index is 0.103. The quantitative estimate of drug-likeness (QED) is 0.774. The molecule has 0 amide bonds. The lowest BCUT2D eigenvalue weighted by Crippen LogP contribution is -2.32. The van der Waals surface area contributed by atoms with Crippen molar-refractivity contribution in [3.8, 4) is 0 Å². The fourth-order valence-corrected chi connectivity index (χ4v) is 2.51. The SMILES string of the molecule is Cc1ccccc1C(N)CCN(CCO)C1CC1. The molecule has 0 radical (unpaired) electrons. The lowest BCUT2D eigenvalue weighted by molar-refractivity contribution is 0.185. The highest BCUT2D eigenvalue weighted by atomic mass is 16.3. The number of nitrogens with two attached hydrogens (primary N) is 1. The molecule has 2 rings (SSSR count). The fraction of sp³-hybridized carbons (Fsp3) is 0.600. The van der Waals surface area contributed by atoms with Crippen molar-refractivity contribution in [3.63, 3.8) is 0 Å². The van der Waals surface area contributed by atoms with Gasteiger partial charge in [0.2, 0.25) is 0 Å². The molecule has 1 unspecified atom stereocenters. The van der Waals surface area contributed by atoms with Gasteiger partial charge in [-0.05, 0) is 37.3 Å². The summed E-state index contributed by atoms with van der Waals surface area (Å²) in [6, 6.07) is 9.13. The Labute approximate surface area is 110 Å². The smallest absolute Gasteiger partial charge is 0.0558 e. The molecular formula is C15H24N2O. The van der Waals surface area contributed by atoms with Gasteiger partial charge in [-0.3, -0.25) is 4.90 Å². The van der Waals surface area contributed by atoms with Gasteiger partial charge >= 0.3 is 0 Å². The number of aliphatic hydroxyl groups is 1. The van der Waals surface area contributed by atoms with Crippen LogP contribution in [0, 0.1) is 6.92 Å². The summed E-state index contributed by atoms with van der Waals surface area (Å²) in [4.78, 5) is 2.37. The second kappa shape index (κ2) is 6.32. The summed E-state index contributed by atoms with van der Waals surface area (Å²) < 4.78 is 0. The van der Waals surface area contributed by atoms with E-state index in [1.165, 1.54) is 24.0 Å². The van der Waals surface area contributed by atoms with Crippen LogP contribution in [0.4, 0.5) is 0 Å². The number of nitrogens with zero attached hydrogens (tertiary/aromatic N) is 1. The van der Waals surface area contributed by atoms with Crippen molar-refractivity contribution in [2.75, 3.05) is 19.7 Å². The van der Waals surface area contributed by atoms with Crippen LogP contribution in [-0.4, -0.2) is 35.7 Å². The highest BCUT2D eigenvalue weighted by Crippen LogP contribution is 2.27. The second-order valence-corrected chi connectivity index (χ2v) is 5.24. The summed E-state index contributed by atoms with van der Waals surface area (Å²) in [5, 5.41) is 9.07. The Balaban J connectivity index is 1.87. The minimum Gasteiger partial charge on any atom is -0.395 e. The van der Waals surface area contributed by atoms with E-state index in [1.54, 1.807) is 0 Å². The van der Waals surface area contributed by atoms with Gasteiger partial charge in [-0.2, -0.15) is 0 Å². The molecular weight excluding hydrogens is 224 g/mol. The normalized spacial score (nSPS) is 17.1. The number of hydrogen-bond acceptors (Lipinski definition) is 3. The van der Waals surface area contributed by atoms with Crippen molar-refractivity contribution < 1.29 is 5.11 Å². The Bertz CT molecular complexity index is 377. The van der Waals surface area contributed by atoms with Gasteiger partial charge in [-0.25, -0.2) is 0 Å². The molecule has 1 fully saturated rings. The van der Waals surface area contributed by atoms with E-state index in [-0.39, 0.29) is 12.6 Å². The van der Waals surface area contributed by atoms with Gasteiger partial charge in [0, 0.05) is 25.2 Å². The number of benzene rings is 1. The van der Waals surface area contributed by atoms with E-state index >= 15 is 0 Å². The summed E-state index contributed by atoms with van der Waals surface area (Å²) in [6.45, 7) is 4.13. The van der Waals surface area contributed by atoms with E-state index in [9.17, 15) is 0 Å². The van der Waals surface area contributed by atoms with Crippen molar-refractivity contribution in [1.82, 2.24) is 4.90 Å². The van der Waals surface area contributed by atoms with Gasteiger partial charge < -0.3 is 10.8 Å². The van der Waals surface area contributed by atoms with E-state index < -0.39 is 0 Å². The van der Waals surface area contributed by atoms with E-state index in [4.69, 9.17) is 10.8 Å². The summed E-state index contributed by atoms with van der Waals surface area (Å²) >= 11 is 0. The summed E-state index contributed by atoms with van der Waals surface area (Å²) in [7, 11) is 0. The zero-order valence-corrected chi connectivity index (χ0v) is 11.2. The largest absolute Gasteiger partial charge is 0.395 e. The van der Waals surface area contributed by atoms with Gasteiger partial charge in [0.05, 0.1) is 6.61 Å². The molecule has 1 aromatic carbocycles. The van der Waals surface area contributed by atoms with E-state index in [0.717, 1.165) is 19.5 Å². The first-order valence-corrected chi connectivity index (χ1v) is 6.88. The van der Waals surface area contributed by atoms with Gasteiger partial charge in [0.1, 0.15) is 0 Å². The van der Waals surface area contributed by atoms with Crippen LogP contribution in [0.5, 0.6) is 0 Å². The highest BCUT2D eigenvalue weighted by Gasteiger charge is 2.28. The Kier molecular flexibility index (Phi) is 4.75. The Morgan fingerprint density at radius 1 is 1.33 bits per heavy atom. The van der Waals surface area contributed by atoms with E-state index in [1.807, 2.05) is 6.07 Å². The van der Waals surface area contributed by atoms with Crippen LogP contribution in [0.1, 0.15) is 36.4 Å². The van der Waals surface area contributed by atoms with E-state index in [2.05, 4.69) is 30.0 Å². The van der Waals surface area contributed by atoms with Crippen LogP contribution >= 0.6 is 0 Å². The average Bonchev–Trinajstić information content (AvgIpc) is 3.19. The minimum absolute atomic E-state index is 0.103. The predicted octanol–water partition coefficient (Wildman–Crippen LogP) is 1.84. The zero-order valence-electron chi connectivity index (χ0n) is 11.2. The first kappa shape index (κ1) is 13.5. The number of aliphatic hydroxyl groups excluding tert-OH is 1. The van der Waals surface area contributed by atoms with Crippen molar-refractivity contribution >= 4 is 0 Å². The summed E-state index contributed by atoms with van der Waals surface area (Å²) in [5.41, 5.74) is 8.79. The van der Waals surface area contributed by atoms with Crippen LogP contribution in [0.2, 0.25) is 0 Å². The molecule has 3 nitrogen and oxygen atoms in total. The third kappa shape index (κ3) is 3.55. The molecule has 1 aromatic rings. The third-order valence-electron chi connectivity index (χ3n) is 3.77. The predicted molar refractivity (Wildman–Crippen MR) is 74.4 cm³/mol. The van der Waals surface area contributed by atoms with Gasteiger partial charge in [-0.1, -0.05) is 24.3 Å². The lowest BCUT2D eigenvalue weighted by atomic mass is 9.99. The second-order valence-electron chi connectivity index (χ2n) is 5.24. The number of rotatable bonds is 7. The first-order chi connectivity index (χ1) is 8.72. The third-order valence-corrected chi connectivity index (χ3v) is 3.77. The van der Waals surface area contributed by atoms with Gasteiger partial charge in [0.15, 0.2) is 0 Å². The van der Waals surface area contributed by atoms with Gasteiger partial charge in [-0.15, -0.1) is 0 Å². The van der Waals surface area contributed by atoms with E-state index in [0.29, 0.717) is 6.04 Å². The maximum atomic E-state index is 9.07. The first-order valence-electron chi connectivity index (χ1n) is 6.88. The molecule has 1 atom stereocenters. The summed E-state index contributed by atoms with van der Waals surface area (Å²) in [5.74, 6) is 0. The maximum Gasteiger partial charge on any atom is 0.0558 e. The molecule has 3 heteroatoms. The van der Waals surface area contributed by atoms with Crippen LogP contribution in [0.3, 0.4) is 0 Å². The van der Waals surface area contributed by atoms with Crippen LogP contribution in [0.15, 0.2) is 24.3 Å². The molecule has 1 aliphatic rings. The topological polar surface area (TPSA) is 49.5 Å². The molecule has 3 N–H and O–H groups in total. The monoisotopic (exact) mass is 248 g/mol. The molecule has 0 aliphatic heterocycles. The molecule has 0 heterocycles. The van der Waals surface area contributed by atoms with Crippen LogP contribution < -0.4 is 5.73 Å². The van der Waals surface area contributed by atoms with Gasteiger partial charge in [0.25, 0.3) is 0 Å². The molecule has 18 heavy (non-hydrogen) atoms. The van der Waals surface area contributed by atoms with Crippen molar-refractivity contribution in [1.29, 1.82) is 0 Å². The molecule has 0 bridgehead atoms. The van der Waals surface area contributed by atoms with Crippen molar-refractivity contribution in [2.45, 2.75) is 38.3 Å². The standard InChI is InChI=1S/C15H24N2O/c1-12-4-2-3-5-14(12)15(16)8-9-17(10-11-18)13-6-7-13/h2-5,13,15,18H,6-11,16H2,1H3. The number of aryl methyl sites for hydroxylation is 1. The lowest BCUT2D eigenvalue weighted by Gasteiger charge is -2.23. The molecule has 100 valence electrons. The fourth-order valence-electron chi connectivity index (χ4n) is 2.51. The number of hydrogen-bond donors (Lipinski definition) is 2. The maximum absolute atomic E-state index is 9.07. The van der Waals surface area contributed by atoms with Crippen molar-refractivity contribution in [3.05, 3.63) is 35.4 Å². The van der Waals surface area contributed by atoms with Crippen LogP contribution in [-0.2, 0) is 0 Å². The molecule has 0 spiro atoms. The van der Waals surface area contributed by atoms with Crippen molar-refractivity contribution in [2.24, 2.45) is 5.73 Å². The average molecular weight is 248 g/mol. The Morgan fingerprint density at radius 3 is 2.67 bits per heavy atom. The molecule has 0 saturated heterocycles. The molecule has 0 aromatic heterocycles. The Hall–Kier alpha value is -0.900. The molecule has 1 saturated carbocycles. The highest BCUT2D eigenvalue weighted by molar-refractivity contribution is 5.28. The Morgan fingerprint density at radius 2 is 2.06 bits per heavy atom.